The SMILES string of the molecule is CCc1nccn1CC(=O)N1CCC2(CCCCCOc3ccccc3C(=O)NC2)CC1. The fraction of sp³-hybridized carbons (Fsp3) is 0.560. The number of hydrogen-bond acceptors (Lipinski definition) is 4. The van der Waals surface area contributed by atoms with Crippen molar-refractivity contribution in [1.29, 1.82) is 0 Å². The summed E-state index contributed by atoms with van der Waals surface area (Å²) in [5, 5.41) is 3.18. The molecule has 1 aromatic carbocycles. The van der Waals surface area contributed by atoms with Gasteiger partial charge in [-0.15, -0.1) is 0 Å². The van der Waals surface area contributed by atoms with Crippen molar-refractivity contribution in [2.24, 2.45) is 5.41 Å². The van der Waals surface area contributed by atoms with Crippen LogP contribution in [0.1, 0.15) is 61.6 Å². The van der Waals surface area contributed by atoms with Crippen molar-refractivity contribution in [2.75, 3.05) is 26.2 Å². The number of rotatable bonds is 3. The molecular weight excluding hydrogens is 404 g/mol. The quantitative estimate of drug-likeness (QED) is 0.797. The number of aryl methyl sites for hydroxylation is 1. The van der Waals surface area contributed by atoms with Crippen molar-refractivity contribution < 1.29 is 14.3 Å². The molecule has 2 amide bonds. The zero-order valence-corrected chi connectivity index (χ0v) is 19.0. The number of benzene rings is 1. The highest BCUT2D eigenvalue weighted by Gasteiger charge is 2.36. The molecule has 0 atom stereocenters. The third-order valence-corrected chi connectivity index (χ3v) is 6.96. The molecule has 7 nitrogen and oxygen atoms in total. The summed E-state index contributed by atoms with van der Waals surface area (Å²) < 4.78 is 7.80. The molecule has 1 N–H and O–H groups in total. The number of imidazole rings is 1. The normalized spacial score (nSPS) is 19.3. The molecule has 2 aliphatic rings. The number of fused-ring (bicyclic) bond motifs is 1. The molecule has 1 spiro atoms. The highest BCUT2D eigenvalue weighted by atomic mass is 16.5. The van der Waals surface area contributed by atoms with Crippen LogP contribution in [-0.4, -0.2) is 52.5 Å². The zero-order valence-electron chi connectivity index (χ0n) is 19.0. The van der Waals surface area contributed by atoms with Crippen LogP contribution < -0.4 is 10.1 Å². The van der Waals surface area contributed by atoms with Gasteiger partial charge in [-0.05, 0) is 43.2 Å². The third kappa shape index (κ3) is 5.14. The molecule has 1 aromatic heterocycles. The number of carbonyl (C=O) groups is 2. The Morgan fingerprint density at radius 3 is 2.78 bits per heavy atom. The number of amides is 2. The van der Waals surface area contributed by atoms with Crippen LogP contribution in [0.5, 0.6) is 5.75 Å². The van der Waals surface area contributed by atoms with E-state index in [0.29, 0.717) is 31.0 Å². The van der Waals surface area contributed by atoms with Crippen molar-refractivity contribution in [2.45, 2.75) is 58.4 Å². The second-order valence-electron chi connectivity index (χ2n) is 9.04. The molecule has 1 fully saturated rings. The lowest BCUT2D eigenvalue weighted by molar-refractivity contribution is -0.134. The molecule has 1 saturated heterocycles. The second kappa shape index (κ2) is 10.2. The molecule has 3 heterocycles. The number of piperidine rings is 1. The maximum absolute atomic E-state index is 12.9. The Kier molecular flexibility index (Phi) is 7.12. The lowest BCUT2D eigenvalue weighted by Crippen LogP contribution is -2.48. The average molecular weight is 439 g/mol. The van der Waals surface area contributed by atoms with Crippen LogP contribution in [0.2, 0.25) is 0 Å². The number of hydrogen-bond donors (Lipinski definition) is 1. The number of likely N-dealkylation sites (tertiary alicyclic amines) is 1. The molecule has 0 saturated carbocycles. The molecule has 0 radical (unpaired) electrons. The summed E-state index contributed by atoms with van der Waals surface area (Å²) in [6.07, 6.45) is 10.6. The smallest absolute Gasteiger partial charge is 0.255 e. The molecule has 32 heavy (non-hydrogen) atoms. The number of carbonyl (C=O) groups excluding carboxylic acids is 2. The van der Waals surface area contributed by atoms with Crippen LogP contribution in [0.3, 0.4) is 0 Å². The van der Waals surface area contributed by atoms with Gasteiger partial charge in [0.1, 0.15) is 18.1 Å². The Bertz CT molecular complexity index is 931. The fourth-order valence-corrected chi connectivity index (χ4v) is 4.89. The molecule has 172 valence electrons. The highest BCUT2D eigenvalue weighted by Crippen LogP contribution is 2.37. The first-order valence-corrected chi connectivity index (χ1v) is 11.9. The summed E-state index contributed by atoms with van der Waals surface area (Å²) in [6, 6.07) is 7.47. The third-order valence-electron chi connectivity index (χ3n) is 6.96. The van der Waals surface area contributed by atoms with E-state index in [2.05, 4.69) is 17.2 Å². The maximum Gasteiger partial charge on any atom is 0.255 e. The Morgan fingerprint density at radius 1 is 1.16 bits per heavy atom. The summed E-state index contributed by atoms with van der Waals surface area (Å²) in [5.74, 6) is 1.67. The Balaban J connectivity index is 1.40. The van der Waals surface area contributed by atoms with Crippen molar-refractivity contribution in [3.8, 4) is 5.75 Å². The fourth-order valence-electron chi connectivity index (χ4n) is 4.89. The summed E-state index contributed by atoms with van der Waals surface area (Å²) in [7, 11) is 0. The van der Waals surface area contributed by atoms with Gasteiger partial charge >= 0.3 is 0 Å². The monoisotopic (exact) mass is 438 g/mol. The molecule has 0 aliphatic carbocycles. The van der Waals surface area contributed by atoms with Gasteiger partial charge in [0.25, 0.3) is 5.91 Å². The Labute approximate surface area is 190 Å². The van der Waals surface area contributed by atoms with E-state index < -0.39 is 0 Å². The van der Waals surface area contributed by atoms with Crippen LogP contribution in [0, 0.1) is 5.41 Å². The largest absolute Gasteiger partial charge is 0.493 e. The van der Waals surface area contributed by atoms with Crippen molar-refractivity contribution in [3.05, 3.63) is 48.0 Å². The minimum Gasteiger partial charge on any atom is -0.493 e. The van der Waals surface area contributed by atoms with E-state index in [1.165, 1.54) is 0 Å². The van der Waals surface area contributed by atoms with Crippen molar-refractivity contribution in [1.82, 2.24) is 19.8 Å². The van der Waals surface area contributed by atoms with Gasteiger partial charge in [0.05, 0.1) is 12.2 Å². The van der Waals surface area contributed by atoms with Crippen LogP contribution in [0.25, 0.3) is 0 Å². The van der Waals surface area contributed by atoms with Gasteiger partial charge in [-0.1, -0.05) is 31.9 Å². The summed E-state index contributed by atoms with van der Waals surface area (Å²) in [6.45, 7) is 5.16. The summed E-state index contributed by atoms with van der Waals surface area (Å²) in [5.41, 5.74) is 0.647. The van der Waals surface area contributed by atoms with Gasteiger partial charge in [0.15, 0.2) is 0 Å². The van der Waals surface area contributed by atoms with E-state index in [-0.39, 0.29) is 17.2 Å². The maximum atomic E-state index is 12.9. The minimum absolute atomic E-state index is 0.0466. The van der Waals surface area contributed by atoms with E-state index in [1.807, 2.05) is 39.9 Å². The van der Waals surface area contributed by atoms with Gasteiger partial charge in [0.2, 0.25) is 5.91 Å². The lowest BCUT2D eigenvalue weighted by atomic mass is 9.74. The van der Waals surface area contributed by atoms with E-state index in [0.717, 1.165) is 63.9 Å². The standard InChI is InChI=1S/C25H34N4O3/c1-2-22-26-13-16-29(22)18-23(30)28-14-11-25(12-15-28)10-6-3-7-17-32-21-9-5-4-8-20(21)24(31)27-19-25/h4-5,8-9,13,16H,2-3,6-7,10-12,14-15,17-19H2,1H3,(H,27,31). The number of nitrogens with zero attached hydrogens (tertiary/aromatic N) is 3. The molecular formula is C25H34N4O3. The molecule has 7 heteroatoms. The second-order valence-corrected chi connectivity index (χ2v) is 9.04. The van der Waals surface area contributed by atoms with Crippen molar-refractivity contribution >= 4 is 11.8 Å². The minimum atomic E-state index is -0.0775. The summed E-state index contributed by atoms with van der Waals surface area (Å²) in [4.78, 5) is 32.1. The highest BCUT2D eigenvalue weighted by molar-refractivity contribution is 5.96. The van der Waals surface area contributed by atoms with E-state index in [4.69, 9.17) is 4.74 Å². The Morgan fingerprint density at radius 2 is 1.97 bits per heavy atom. The topological polar surface area (TPSA) is 76.5 Å². The summed E-state index contributed by atoms with van der Waals surface area (Å²) >= 11 is 0. The van der Waals surface area contributed by atoms with E-state index in [9.17, 15) is 9.59 Å². The van der Waals surface area contributed by atoms with Gasteiger partial charge < -0.3 is 19.5 Å². The van der Waals surface area contributed by atoms with Gasteiger partial charge in [-0.2, -0.15) is 0 Å². The van der Waals surface area contributed by atoms with Gasteiger partial charge in [0, 0.05) is 38.4 Å². The lowest BCUT2D eigenvalue weighted by Gasteiger charge is -2.42. The first kappa shape index (κ1) is 22.4. The van der Waals surface area contributed by atoms with Gasteiger partial charge in [-0.3, -0.25) is 9.59 Å². The molecule has 0 bridgehead atoms. The molecule has 0 unspecified atom stereocenters. The van der Waals surface area contributed by atoms with Gasteiger partial charge in [-0.25, -0.2) is 4.98 Å². The first-order chi connectivity index (χ1) is 15.6. The number of nitrogens with one attached hydrogen (secondary N) is 1. The predicted octanol–water partition coefficient (Wildman–Crippen LogP) is 3.44. The van der Waals surface area contributed by atoms with E-state index >= 15 is 0 Å². The Hall–Kier alpha value is -2.83. The molecule has 4 rings (SSSR count). The van der Waals surface area contributed by atoms with Crippen LogP contribution in [0.15, 0.2) is 36.7 Å². The zero-order chi connectivity index (χ0) is 22.4. The number of para-hydroxylation sites is 1. The van der Waals surface area contributed by atoms with Crippen molar-refractivity contribution in [3.63, 3.8) is 0 Å². The number of ether oxygens (including phenoxy) is 1. The van der Waals surface area contributed by atoms with Crippen LogP contribution in [0.4, 0.5) is 0 Å². The van der Waals surface area contributed by atoms with Crippen LogP contribution in [-0.2, 0) is 17.8 Å². The van der Waals surface area contributed by atoms with E-state index in [1.54, 1.807) is 6.20 Å². The average Bonchev–Trinajstić information content (AvgIpc) is 3.27. The molecule has 2 aliphatic heterocycles. The molecule has 2 aromatic rings. The number of aromatic nitrogens is 2. The first-order valence-electron chi connectivity index (χ1n) is 11.9. The predicted molar refractivity (Wildman–Crippen MR) is 123 cm³/mol. The van der Waals surface area contributed by atoms with Crippen LogP contribution >= 0.6 is 0 Å².